The number of aromatic nitrogens is 2. The molecule has 0 radical (unpaired) electrons. The Balaban J connectivity index is 1.74. The summed E-state index contributed by atoms with van der Waals surface area (Å²) >= 11 is 0. The van der Waals surface area contributed by atoms with Crippen LogP contribution in [0.1, 0.15) is 16.7 Å². The normalized spacial score (nSPS) is 10.7. The lowest BCUT2D eigenvalue weighted by Gasteiger charge is -2.12. The predicted molar refractivity (Wildman–Crippen MR) is 106 cm³/mol. The van der Waals surface area contributed by atoms with Gasteiger partial charge in [0.1, 0.15) is 6.61 Å². The molecule has 2 N–H and O–H groups in total. The number of aryl methyl sites for hydroxylation is 1. The van der Waals surface area contributed by atoms with Gasteiger partial charge >= 0.3 is 0 Å². The van der Waals surface area contributed by atoms with Gasteiger partial charge in [-0.15, -0.1) is 0 Å². The summed E-state index contributed by atoms with van der Waals surface area (Å²) in [5, 5.41) is 9.03. The van der Waals surface area contributed by atoms with Crippen LogP contribution >= 0.6 is 0 Å². The first kappa shape index (κ1) is 16.7. The molecule has 0 bridgehead atoms. The third-order valence-corrected chi connectivity index (χ3v) is 4.49. The first-order valence-electron chi connectivity index (χ1n) is 8.60. The summed E-state index contributed by atoms with van der Waals surface area (Å²) in [5.41, 5.74) is 6.24. The molecule has 0 unspecified atom stereocenters. The van der Waals surface area contributed by atoms with Crippen molar-refractivity contribution in [1.82, 2.24) is 9.66 Å². The fourth-order valence-corrected chi connectivity index (χ4v) is 2.94. The molecule has 4 aromatic rings. The van der Waals surface area contributed by atoms with E-state index in [1.165, 1.54) is 5.56 Å². The summed E-state index contributed by atoms with van der Waals surface area (Å²) in [5.74, 6) is 6.53. The molecule has 0 saturated carbocycles. The number of hydrogen-bond donors (Lipinski definition) is 1. The number of nitriles is 1. The van der Waals surface area contributed by atoms with Gasteiger partial charge in [-0.2, -0.15) is 5.26 Å². The average Bonchev–Trinajstić information content (AvgIpc) is 3.07. The van der Waals surface area contributed by atoms with Crippen molar-refractivity contribution in [1.29, 1.82) is 5.26 Å². The van der Waals surface area contributed by atoms with E-state index in [1.807, 2.05) is 36.4 Å². The molecule has 0 aliphatic rings. The summed E-state index contributed by atoms with van der Waals surface area (Å²) < 4.78 is 7.61. The van der Waals surface area contributed by atoms with Crippen LogP contribution in [0.3, 0.4) is 0 Å². The third-order valence-electron chi connectivity index (χ3n) is 4.49. The maximum absolute atomic E-state index is 9.03. The lowest BCUT2D eigenvalue weighted by Crippen LogP contribution is -2.06. The molecule has 2 heterocycles. The van der Waals surface area contributed by atoms with E-state index >= 15 is 0 Å². The number of hydrogen-bond acceptors (Lipinski definition) is 4. The molecule has 0 amide bonds. The molecule has 0 atom stereocenters. The molecule has 0 spiro atoms. The third kappa shape index (κ3) is 3.33. The van der Waals surface area contributed by atoms with E-state index in [0.717, 1.165) is 27.7 Å². The minimum atomic E-state index is 0.422. The predicted octanol–water partition coefficient (Wildman–Crippen LogP) is 4.18. The van der Waals surface area contributed by atoms with Crippen LogP contribution in [0.5, 0.6) is 5.88 Å². The van der Waals surface area contributed by atoms with Gasteiger partial charge in [0.25, 0.3) is 0 Å². The smallest absolute Gasteiger partial charge is 0.222 e. The first-order chi connectivity index (χ1) is 13.1. The number of nitrogens with two attached hydrogens (primary N) is 1. The molecule has 5 nitrogen and oxygen atoms in total. The second-order valence-electron chi connectivity index (χ2n) is 6.43. The maximum atomic E-state index is 9.03. The van der Waals surface area contributed by atoms with Crippen LogP contribution < -0.4 is 10.6 Å². The second-order valence-corrected chi connectivity index (χ2v) is 6.43. The second kappa shape index (κ2) is 6.85. The number of nitrogen functional groups attached to an aromatic ring is 1. The number of benzene rings is 2. The number of pyridine rings is 1. The molecule has 2 aromatic carbocycles. The molecule has 2 aromatic heterocycles. The zero-order chi connectivity index (χ0) is 18.8. The Morgan fingerprint density at radius 3 is 2.52 bits per heavy atom. The Bertz CT molecular complexity index is 1140. The molecule has 5 heteroatoms. The SMILES string of the molecule is Cc1ccc(COc2nc3ccn(N)c3cc2-c2ccc(C#N)cc2)cc1. The van der Waals surface area contributed by atoms with Crippen molar-refractivity contribution >= 4 is 11.0 Å². The van der Waals surface area contributed by atoms with Gasteiger partial charge in [-0.05, 0) is 42.3 Å². The fraction of sp³-hybridized carbons (Fsp3) is 0.0909. The highest BCUT2D eigenvalue weighted by atomic mass is 16.5. The molecular formula is C22H18N4O. The van der Waals surface area contributed by atoms with Crippen LogP contribution in [0.25, 0.3) is 22.2 Å². The van der Waals surface area contributed by atoms with Crippen LogP contribution in [0, 0.1) is 18.3 Å². The highest BCUT2D eigenvalue weighted by Gasteiger charge is 2.13. The van der Waals surface area contributed by atoms with Crippen molar-refractivity contribution in [3.05, 3.63) is 83.6 Å². The highest BCUT2D eigenvalue weighted by Crippen LogP contribution is 2.32. The average molecular weight is 354 g/mol. The Morgan fingerprint density at radius 2 is 1.81 bits per heavy atom. The van der Waals surface area contributed by atoms with E-state index in [0.29, 0.717) is 18.1 Å². The van der Waals surface area contributed by atoms with E-state index in [-0.39, 0.29) is 0 Å². The zero-order valence-corrected chi connectivity index (χ0v) is 14.9. The number of rotatable bonds is 4. The van der Waals surface area contributed by atoms with Crippen molar-refractivity contribution in [3.8, 4) is 23.1 Å². The van der Waals surface area contributed by atoms with Gasteiger partial charge < -0.3 is 10.6 Å². The van der Waals surface area contributed by atoms with Gasteiger partial charge in [0.15, 0.2) is 0 Å². The van der Waals surface area contributed by atoms with Crippen molar-refractivity contribution in [2.24, 2.45) is 0 Å². The quantitative estimate of drug-likeness (QED) is 0.558. The molecule has 0 fully saturated rings. The van der Waals surface area contributed by atoms with Crippen LogP contribution in [0.2, 0.25) is 0 Å². The van der Waals surface area contributed by atoms with E-state index in [2.05, 4.69) is 30.1 Å². The lowest BCUT2D eigenvalue weighted by atomic mass is 10.0. The summed E-state index contributed by atoms with van der Waals surface area (Å²) in [7, 11) is 0. The van der Waals surface area contributed by atoms with Gasteiger partial charge in [-0.25, -0.2) is 4.98 Å². The molecule has 132 valence electrons. The molecule has 4 rings (SSSR count). The van der Waals surface area contributed by atoms with E-state index in [1.54, 1.807) is 23.0 Å². The van der Waals surface area contributed by atoms with E-state index in [9.17, 15) is 0 Å². The van der Waals surface area contributed by atoms with E-state index < -0.39 is 0 Å². The molecule has 0 aliphatic carbocycles. The molecule has 0 saturated heterocycles. The van der Waals surface area contributed by atoms with Gasteiger partial charge in [0, 0.05) is 11.8 Å². The fourth-order valence-electron chi connectivity index (χ4n) is 2.94. The van der Waals surface area contributed by atoms with Gasteiger partial charge in [0.2, 0.25) is 5.88 Å². The first-order valence-corrected chi connectivity index (χ1v) is 8.60. The number of fused-ring (bicyclic) bond motifs is 1. The largest absolute Gasteiger partial charge is 0.472 e. The molecule has 0 aliphatic heterocycles. The summed E-state index contributed by atoms with van der Waals surface area (Å²) in [4.78, 5) is 4.66. The zero-order valence-electron chi connectivity index (χ0n) is 14.9. The Labute approximate surface area is 157 Å². The van der Waals surface area contributed by atoms with Crippen LogP contribution in [-0.4, -0.2) is 9.66 Å². The van der Waals surface area contributed by atoms with E-state index in [4.69, 9.17) is 15.8 Å². The highest BCUT2D eigenvalue weighted by molar-refractivity contribution is 5.84. The monoisotopic (exact) mass is 354 g/mol. The lowest BCUT2D eigenvalue weighted by molar-refractivity contribution is 0.296. The Kier molecular flexibility index (Phi) is 4.23. The van der Waals surface area contributed by atoms with Crippen molar-refractivity contribution in [2.45, 2.75) is 13.5 Å². The Hall–Kier alpha value is -3.78. The number of ether oxygens (including phenoxy) is 1. The summed E-state index contributed by atoms with van der Waals surface area (Å²) in [6.45, 7) is 2.48. The molecular weight excluding hydrogens is 336 g/mol. The summed E-state index contributed by atoms with van der Waals surface area (Å²) in [6.07, 6.45) is 1.77. The van der Waals surface area contributed by atoms with Crippen LogP contribution in [0.15, 0.2) is 66.9 Å². The minimum absolute atomic E-state index is 0.422. The van der Waals surface area contributed by atoms with Crippen molar-refractivity contribution in [3.63, 3.8) is 0 Å². The van der Waals surface area contributed by atoms with Crippen molar-refractivity contribution in [2.75, 3.05) is 5.84 Å². The molecule has 27 heavy (non-hydrogen) atoms. The summed E-state index contributed by atoms with van der Waals surface area (Å²) in [6, 6.07) is 21.5. The van der Waals surface area contributed by atoms with Crippen LogP contribution in [0.4, 0.5) is 0 Å². The maximum Gasteiger partial charge on any atom is 0.222 e. The van der Waals surface area contributed by atoms with Crippen LogP contribution in [-0.2, 0) is 6.61 Å². The Morgan fingerprint density at radius 1 is 1.07 bits per heavy atom. The standard InChI is InChI=1S/C22H18N4O/c1-15-2-4-17(5-3-15)14-27-22-19(18-8-6-16(13-23)7-9-18)12-21-20(25-22)10-11-26(21)24/h2-12H,14,24H2,1H3. The van der Waals surface area contributed by atoms with Gasteiger partial charge in [0.05, 0.1) is 22.7 Å². The van der Waals surface area contributed by atoms with Gasteiger partial charge in [-0.1, -0.05) is 42.0 Å². The number of nitrogens with zero attached hydrogens (tertiary/aromatic N) is 3. The van der Waals surface area contributed by atoms with Gasteiger partial charge in [-0.3, -0.25) is 4.68 Å². The minimum Gasteiger partial charge on any atom is -0.472 e. The van der Waals surface area contributed by atoms with Crippen molar-refractivity contribution < 1.29 is 4.74 Å². The topological polar surface area (TPSA) is 76.9 Å².